The maximum Gasteiger partial charge on any atom is 0.463 e. The Morgan fingerprint density at radius 2 is 1.55 bits per heavy atom. The van der Waals surface area contributed by atoms with Gasteiger partial charge in [0.2, 0.25) is 0 Å². The van der Waals surface area contributed by atoms with Gasteiger partial charge in [-0.3, -0.25) is 4.79 Å². The van der Waals surface area contributed by atoms with E-state index in [1.165, 1.54) is 31.3 Å². The van der Waals surface area contributed by atoms with Gasteiger partial charge in [0, 0.05) is 6.54 Å². The lowest BCUT2D eigenvalue weighted by molar-refractivity contribution is -0.269. The summed E-state index contributed by atoms with van der Waals surface area (Å²) in [5.74, 6) is -8.40. The molecule has 0 aliphatic rings. The summed E-state index contributed by atoms with van der Waals surface area (Å²) < 4.78 is 74.4. The highest BCUT2D eigenvalue weighted by molar-refractivity contribution is 5.84. The Balaban J connectivity index is 2.81. The molecule has 0 fully saturated rings. The maximum absolute atomic E-state index is 13.3. The van der Waals surface area contributed by atoms with Crippen LogP contribution in [0.5, 0.6) is 0 Å². The van der Waals surface area contributed by atoms with Gasteiger partial charge in [-0.15, -0.1) is 0 Å². The van der Waals surface area contributed by atoms with E-state index in [2.05, 4.69) is 0 Å². The van der Waals surface area contributed by atoms with Crippen LogP contribution in [0, 0.1) is 19.7 Å². The van der Waals surface area contributed by atoms with Gasteiger partial charge in [0.15, 0.2) is 0 Å². The molecule has 1 N–H and O–H groups in total. The van der Waals surface area contributed by atoms with Crippen molar-refractivity contribution >= 4 is 5.91 Å². The number of nitrogens with one attached hydrogen (secondary N) is 1. The molecule has 0 saturated heterocycles. The van der Waals surface area contributed by atoms with Crippen LogP contribution in [0.3, 0.4) is 0 Å². The van der Waals surface area contributed by atoms with Crippen LogP contribution in [0.15, 0.2) is 12.1 Å². The topological polar surface area (TPSA) is 29.1 Å². The predicted molar refractivity (Wildman–Crippen MR) is 58.7 cm³/mol. The summed E-state index contributed by atoms with van der Waals surface area (Å²) in [7, 11) is 0. The maximum atomic E-state index is 13.3. The van der Waals surface area contributed by atoms with Crippen molar-refractivity contribution in [2.24, 2.45) is 0 Å². The molecule has 112 valence electrons. The molecule has 0 aromatic heterocycles. The minimum absolute atomic E-state index is 0.205. The van der Waals surface area contributed by atoms with Crippen LogP contribution in [-0.2, 0) is 11.3 Å². The Hall–Kier alpha value is -1.73. The summed E-state index contributed by atoms with van der Waals surface area (Å²) in [5.41, 5.74) is 0.640. The molecule has 8 heteroatoms. The van der Waals surface area contributed by atoms with Crippen LogP contribution >= 0.6 is 0 Å². The average Bonchev–Trinajstić information content (AvgIpc) is 2.31. The summed E-state index contributed by atoms with van der Waals surface area (Å²) in [4.78, 5) is 10.9. The third-order valence-electron chi connectivity index (χ3n) is 2.59. The molecule has 0 aliphatic heterocycles. The predicted octanol–water partition coefficient (Wildman–Crippen LogP) is 3.26. The van der Waals surface area contributed by atoms with E-state index in [1.807, 2.05) is 0 Å². The summed E-state index contributed by atoms with van der Waals surface area (Å²) in [6.07, 6.45) is -5.95. The molecule has 0 aliphatic carbocycles. The van der Waals surface area contributed by atoms with Crippen molar-refractivity contribution in [2.75, 3.05) is 0 Å². The highest BCUT2D eigenvalue weighted by Crippen LogP contribution is 2.35. The fraction of sp³-hybridized carbons (Fsp3) is 0.417. The highest BCUT2D eigenvalue weighted by Gasteiger charge is 2.63. The van der Waals surface area contributed by atoms with Crippen molar-refractivity contribution < 1.29 is 31.1 Å². The summed E-state index contributed by atoms with van der Waals surface area (Å²) in [6.45, 7) is 2.28. The molecular formula is C12H11F6NO. The van der Waals surface area contributed by atoms with Crippen molar-refractivity contribution in [1.82, 2.24) is 5.32 Å². The van der Waals surface area contributed by atoms with Crippen LogP contribution in [0.25, 0.3) is 0 Å². The van der Waals surface area contributed by atoms with Crippen LogP contribution in [0.4, 0.5) is 26.3 Å². The molecule has 0 saturated carbocycles. The molecule has 0 atom stereocenters. The second kappa shape index (κ2) is 5.34. The van der Waals surface area contributed by atoms with E-state index in [1.54, 1.807) is 0 Å². The largest absolute Gasteiger partial charge is 0.463 e. The van der Waals surface area contributed by atoms with Crippen LogP contribution < -0.4 is 5.32 Å². The number of benzene rings is 1. The number of amides is 1. The number of halogens is 6. The number of rotatable bonds is 3. The minimum atomic E-state index is -5.95. The second-order valence-electron chi connectivity index (χ2n) is 4.30. The first kappa shape index (κ1) is 16.3. The van der Waals surface area contributed by atoms with Gasteiger partial charge in [-0.2, -0.15) is 22.0 Å². The van der Waals surface area contributed by atoms with Crippen molar-refractivity contribution in [3.63, 3.8) is 0 Å². The van der Waals surface area contributed by atoms with E-state index < -0.39 is 30.4 Å². The molecule has 1 aromatic carbocycles. The summed E-state index contributed by atoms with van der Waals surface area (Å²) in [6, 6.07) is 2.52. The molecule has 0 unspecified atom stereocenters. The first-order valence-corrected chi connectivity index (χ1v) is 5.45. The van der Waals surface area contributed by atoms with Gasteiger partial charge < -0.3 is 5.32 Å². The first-order chi connectivity index (χ1) is 8.96. The van der Waals surface area contributed by atoms with Crippen molar-refractivity contribution in [3.8, 4) is 0 Å². The Morgan fingerprint density at radius 3 is 1.95 bits per heavy atom. The molecule has 1 rings (SSSR count). The molecule has 0 radical (unpaired) electrons. The Labute approximate surface area is 110 Å². The van der Waals surface area contributed by atoms with Gasteiger partial charge in [0.1, 0.15) is 5.82 Å². The standard InChI is InChI=1S/C12H11F6NO/c1-6-3-8(4-7(2)9(6)13)5-19-10(20)11(14,15)12(16,17)18/h3-4H,5H2,1-2H3,(H,19,20). The zero-order valence-corrected chi connectivity index (χ0v) is 10.5. The number of aryl methyl sites for hydroxylation is 2. The fourth-order valence-corrected chi connectivity index (χ4v) is 1.56. The molecule has 2 nitrogen and oxygen atoms in total. The lowest BCUT2D eigenvalue weighted by Crippen LogP contribution is -2.50. The zero-order valence-electron chi connectivity index (χ0n) is 10.5. The van der Waals surface area contributed by atoms with E-state index >= 15 is 0 Å². The molecule has 0 spiro atoms. The SMILES string of the molecule is Cc1cc(CNC(=O)C(F)(F)C(F)(F)F)cc(C)c1F. The van der Waals surface area contributed by atoms with Gasteiger partial charge in [-0.25, -0.2) is 4.39 Å². The molecular weight excluding hydrogens is 288 g/mol. The van der Waals surface area contributed by atoms with E-state index in [-0.39, 0.29) is 16.7 Å². The molecule has 0 bridgehead atoms. The van der Waals surface area contributed by atoms with E-state index in [4.69, 9.17) is 0 Å². The van der Waals surface area contributed by atoms with E-state index in [9.17, 15) is 31.1 Å². The number of carbonyl (C=O) groups excluding carboxylic acids is 1. The first-order valence-electron chi connectivity index (χ1n) is 5.45. The Bertz CT molecular complexity index is 500. The average molecular weight is 299 g/mol. The van der Waals surface area contributed by atoms with Crippen LogP contribution in [-0.4, -0.2) is 18.0 Å². The fourth-order valence-electron chi connectivity index (χ4n) is 1.56. The smallest absolute Gasteiger partial charge is 0.346 e. The Morgan fingerprint density at radius 1 is 1.10 bits per heavy atom. The van der Waals surface area contributed by atoms with Crippen molar-refractivity contribution in [2.45, 2.75) is 32.5 Å². The molecule has 1 amide bonds. The monoisotopic (exact) mass is 299 g/mol. The number of alkyl halides is 5. The normalized spacial score (nSPS) is 12.4. The zero-order chi connectivity index (χ0) is 15.7. The van der Waals surface area contributed by atoms with Gasteiger partial charge in [0.25, 0.3) is 0 Å². The van der Waals surface area contributed by atoms with Gasteiger partial charge in [-0.05, 0) is 30.5 Å². The number of hydrogen-bond acceptors (Lipinski definition) is 1. The summed E-state index contributed by atoms with van der Waals surface area (Å²) in [5, 5.41) is 1.49. The third kappa shape index (κ3) is 3.23. The quantitative estimate of drug-likeness (QED) is 0.853. The highest BCUT2D eigenvalue weighted by atomic mass is 19.4. The summed E-state index contributed by atoms with van der Waals surface area (Å²) >= 11 is 0. The van der Waals surface area contributed by atoms with Gasteiger partial charge in [-0.1, -0.05) is 12.1 Å². The van der Waals surface area contributed by atoms with Crippen LogP contribution in [0.1, 0.15) is 16.7 Å². The lowest BCUT2D eigenvalue weighted by Gasteiger charge is -2.18. The number of hydrogen-bond donors (Lipinski definition) is 1. The minimum Gasteiger partial charge on any atom is -0.346 e. The molecule has 1 aromatic rings. The lowest BCUT2D eigenvalue weighted by atomic mass is 10.1. The Kier molecular flexibility index (Phi) is 4.36. The molecule has 20 heavy (non-hydrogen) atoms. The van der Waals surface area contributed by atoms with Gasteiger partial charge in [0.05, 0.1) is 0 Å². The van der Waals surface area contributed by atoms with E-state index in [0.29, 0.717) is 0 Å². The second-order valence-corrected chi connectivity index (χ2v) is 4.30. The van der Waals surface area contributed by atoms with Crippen LogP contribution in [0.2, 0.25) is 0 Å². The molecule has 0 heterocycles. The number of carbonyl (C=O) groups is 1. The van der Waals surface area contributed by atoms with Gasteiger partial charge >= 0.3 is 18.0 Å². The third-order valence-corrected chi connectivity index (χ3v) is 2.59. The van der Waals surface area contributed by atoms with Crippen molar-refractivity contribution in [1.29, 1.82) is 0 Å². The van der Waals surface area contributed by atoms with E-state index in [0.717, 1.165) is 0 Å². The van der Waals surface area contributed by atoms with Crippen molar-refractivity contribution in [3.05, 3.63) is 34.6 Å².